The minimum Gasteiger partial charge on any atom is -0.291 e. The molecular formula is C13H17ClO3S. The van der Waals surface area contributed by atoms with Crippen LogP contribution >= 0.6 is 11.6 Å². The van der Waals surface area contributed by atoms with Crippen molar-refractivity contribution >= 4 is 27.2 Å². The van der Waals surface area contributed by atoms with Gasteiger partial charge >= 0.3 is 0 Å². The Morgan fingerprint density at radius 2 is 1.83 bits per heavy atom. The number of carbonyl (C=O) groups excluding carboxylic acids is 1. The molecule has 1 aromatic carbocycles. The lowest BCUT2D eigenvalue weighted by molar-refractivity contribution is 0.0970. The fourth-order valence-corrected chi connectivity index (χ4v) is 3.50. The number of ketones is 1. The highest BCUT2D eigenvalue weighted by atomic mass is 35.5. The van der Waals surface area contributed by atoms with Crippen LogP contribution in [0.1, 0.15) is 36.2 Å². The van der Waals surface area contributed by atoms with Crippen LogP contribution in [-0.4, -0.2) is 24.2 Å². The summed E-state index contributed by atoms with van der Waals surface area (Å²) in [7, 11) is -3.66. The third-order valence-electron chi connectivity index (χ3n) is 3.06. The number of sulfone groups is 1. The molecule has 0 aliphatic heterocycles. The molecule has 0 aliphatic rings. The number of Topliss-reactive ketones (excluding diaryl/α,β-unsaturated/α-hetero) is 1. The quantitative estimate of drug-likeness (QED) is 0.618. The van der Waals surface area contributed by atoms with Gasteiger partial charge in [0.2, 0.25) is 4.21 Å². The van der Waals surface area contributed by atoms with Crippen molar-refractivity contribution in [2.45, 2.75) is 31.4 Å². The van der Waals surface area contributed by atoms with Crippen molar-refractivity contribution in [3.63, 3.8) is 0 Å². The Kier molecular flexibility index (Phi) is 4.56. The van der Waals surface area contributed by atoms with Crippen molar-refractivity contribution < 1.29 is 13.2 Å². The number of halogens is 1. The molecule has 5 heteroatoms. The summed E-state index contributed by atoms with van der Waals surface area (Å²) in [5, 5.41) is 0. The van der Waals surface area contributed by atoms with E-state index in [0.717, 1.165) is 5.56 Å². The molecule has 1 atom stereocenters. The predicted octanol–water partition coefficient (Wildman–Crippen LogP) is 2.96. The maximum absolute atomic E-state index is 12.4. The van der Waals surface area contributed by atoms with E-state index in [1.807, 2.05) is 0 Å². The van der Waals surface area contributed by atoms with Gasteiger partial charge in [-0.15, -0.1) is 0 Å². The lowest BCUT2D eigenvalue weighted by atomic mass is 10.0. The molecule has 0 aliphatic carbocycles. The monoisotopic (exact) mass is 288 g/mol. The van der Waals surface area contributed by atoms with E-state index in [2.05, 4.69) is 0 Å². The standard InChI is InChI=1S/C13H17ClO3S/c1-4-13(14,18(16,17)5-2)12(15)11-9-7-6-8-10(11)3/h6-9H,4-5H2,1-3H3. The molecule has 0 saturated carbocycles. The van der Waals surface area contributed by atoms with Crippen molar-refractivity contribution in [3.05, 3.63) is 35.4 Å². The van der Waals surface area contributed by atoms with Crippen molar-refractivity contribution in [3.8, 4) is 0 Å². The minimum atomic E-state index is -3.66. The summed E-state index contributed by atoms with van der Waals surface area (Å²) in [5.74, 6) is -0.686. The first kappa shape index (κ1) is 15.2. The number of rotatable bonds is 5. The lowest BCUT2D eigenvalue weighted by Gasteiger charge is -2.24. The highest BCUT2D eigenvalue weighted by molar-refractivity contribution is 7.95. The third-order valence-corrected chi connectivity index (χ3v) is 6.42. The highest BCUT2D eigenvalue weighted by Gasteiger charge is 2.46. The van der Waals surface area contributed by atoms with Crippen LogP contribution in [0.25, 0.3) is 0 Å². The minimum absolute atomic E-state index is 0.0535. The molecule has 0 heterocycles. The molecule has 0 radical (unpaired) electrons. The average Bonchev–Trinajstić information content (AvgIpc) is 2.37. The van der Waals surface area contributed by atoms with Gasteiger partial charge < -0.3 is 0 Å². The zero-order chi connectivity index (χ0) is 14.0. The molecule has 1 aromatic rings. The van der Waals surface area contributed by atoms with E-state index >= 15 is 0 Å². The van der Waals surface area contributed by atoms with Gasteiger partial charge in [-0.2, -0.15) is 0 Å². The average molecular weight is 289 g/mol. The first-order chi connectivity index (χ1) is 8.30. The molecule has 18 heavy (non-hydrogen) atoms. The lowest BCUT2D eigenvalue weighted by Crippen LogP contribution is -2.42. The normalized spacial score (nSPS) is 15.1. The fourth-order valence-electron chi connectivity index (χ4n) is 1.78. The van der Waals surface area contributed by atoms with Gasteiger partial charge in [-0.05, 0) is 18.9 Å². The summed E-state index contributed by atoms with van der Waals surface area (Å²) >= 11 is 6.13. The molecule has 0 saturated heterocycles. The van der Waals surface area contributed by atoms with Gasteiger partial charge in [0.25, 0.3) is 0 Å². The number of hydrogen-bond acceptors (Lipinski definition) is 3. The fraction of sp³-hybridized carbons (Fsp3) is 0.462. The number of benzene rings is 1. The summed E-state index contributed by atoms with van der Waals surface area (Å²) in [6.07, 6.45) is 0.0535. The van der Waals surface area contributed by atoms with Crippen LogP contribution in [0.3, 0.4) is 0 Å². The van der Waals surface area contributed by atoms with Gasteiger partial charge in [-0.1, -0.05) is 49.7 Å². The van der Waals surface area contributed by atoms with Crippen LogP contribution in [0.15, 0.2) is 24.3 Å². The van der Waals surface area contributed by atoms with E-state index in [1.54, 1.807) is 38.1 Å². The second kappa shape index (κ2) is 5.41. The molecule has 1 rings (SSSR count). The molecule has 0 spiro atoms. The zero-order valence-electron chi connectivity index (χ0n) is 10.7. The molecule has 0 bridgehead atoms. The van der Waals surface area contributed by atoms with Crippen LogP contribution < -0.4 is 0 Å². The van der Waals surface area contributed by atoms with E-state index in [-0.39, 0.29) is 12.2 Å². The topological polar surface area (TPSA) is 51.2 Å². The van der Waals surface area contributed by atoms with Crippen LogP contribution in [0.5, 0.6) is 0 Å². The highest BCUT2D eigenvalue weighted by Crippen LogP contribution is 2.32. The van der Waals surface area contributed by atoms with Crippen LogP contribution in [0.2, 0.25) is 0 Å². The Labute approximate surface area is 113 Å². The van der Waals surface area contributed by atoms with Gasteiger partial charge in [0.15, 0.2) is 15.6 Å². The molecule has 0 amide bonds. The zero-order valence-corrected chi connectivity index (χ0v) is 12.3. The van der Waals surface area contributed by atoms with Crippen LogP contribution in [-0.2, 0) is 9.84 Å². The molecule has 1 unspecified atom stereocenters. The van der Waals surface area contributed by atoms with Gasteiger partial charge in [-0.3, -0.25) is 4.79 Å². The van der Waals surface area contributed by atoms with Crippen molar-refractivity contribution in [1.82, 2.24) is 0 Å². The molecule has 0 aromatic heterocycles. The maximum Gasteiger partial charge on any atom is 0.207 e. The molecule has 3 nitrogen and oxygen atoms in total. The number of hydrogen-bond donors (Lipinski definition) is 0. The Morgan fingerprint density at radius 3 is 2.28 bits per heavy atom. The summed E-state index contributed by atoms with van der Waals surface area (Å²) in [6.45, 7) is 4.86. The second-order valence-electron chi connectivity index (χ2n) is 4.13. The first-order valence-electron chi connectivity index (χ1n) is 5.81. The molecule has 0 fully saturated rings. The van der Waals surface area contributed by atoms with E-state index in [0.29, 0.717) is 5.56 Å². The van der Waals surface area contributed by atoms with Crippen molar-refractivity contribution in [2.24, 2.45) is 0 Å². The SMILES string of the molecule is CCC(Cl)(C(=O)c1ccccc1C)S(=O)(=O)CC. The number of alkyl halides is 1. The van der Waals surface area contributed by atoms with Crippen molar-refractivity contribution in [2.75, 3.05) is 5.75 Å². The van der Waals surface area contributed by atoms with E-state index < -0.39 is 19.8 Å². The van der Waals surface area contributed by atoms with Crippen LogP contribution in [0, 0.1) is 6.92 Å². The Bertz CT molecular complexity index is 551. The molecule has 100 valence electrons. The van der Waals surface area contributed by atoms with Gasteiger partial charge in [0.05, 0.1) is 0 Å². The molecule has 0 N–H and O–H groups in total. The van der Waals surface area contributed by atoms with Gasteiger partial charge in [-0.25, -0.2) is 8.42 Å². The third kappa shape index (κ3) is 2.45. The smallest absolute Gasteiger partial charge is 0.207 e. The summed E-state index contributed by atoms with van der Waals surface area (Å²) in [6, 6.07) is 6.86. The van der Waals surface area contributed by atoms with Gasteiger partial charge in [0, 0.05) is 11.3 Å². The largest absolute Gasteiger partial charge is 0.291 e. The number of carbonyl (C=O) groups is 1. The van der Waals surface area contributed by atoms with E-state index in [4.69, 9.17) is 11.6 Å². The second-order valence-corrected chi connectivity index (χ2v) is 7.50. The molecular weight excluding hydrogens is 272 g/mol. The first-order valence-corrected chi connectivity index (χ1v) is 7.84. The summed E-state index contributed by atoms with van der Waals surface area (Å²) in [5.41, 5.74) is 1.10. The Balaban J connectivity index is 3.36. The predicted molar refractivity (Wildman–Crippen MR) is 73.8 cm³/mol. The maximum atomic E-state index is 12.4. The Morgan fingerprint density at radius 1 is 1.28 bits per heavy atom. The van der Waals surface area contributed by atoms with E-state index in [1.165, 1.54) is 6.92 Å². The number of aryl methyl sites for hydroxylation is 1. The van der Waals surface area contributed by atoms with Crippen molar-refractivity contribution in [1.29, 1.82) is 0 Å². The Hall–Kier alpha value is -0.870. The van der Waals surface area contributed by atoms with Crippen LogP contribution in [0.4, 0.5) is 0 Å². The van der Waals surface area contributed by atoms with E-state index in [9.17, 15) is 13.2 Å². The summed E-state index contributed by atoms with van der Waals surface area (Å²) in [4.78, 5) is 12.4. The summed E-state index contributed by atoms with van der Waals surface area (Å²) < 4.78 is 22.2. The van der Waals surface area contributed by atoms with Gasteiger partial charge in [0.1, 0.15) is 0 Å².